The number of benzene rings is 4. The SMILES string of the molecule is COc1cc(/C=N/NC(=O)c2ccc(-n3c(C)ccc3-c3ccccc3)cc2)ccc1OCc1ccc(I)cc1. The third-order valence-electron chi connectivity index (χ3n) is 6.41. The van der Waals surface area contributed by atoms with Crippen LogP contribution in [0.15, 0.2) is 114 Å². The van der Waals surface area contributed by atoms with Crippen LogP contribution >= 0.6 is 22.6 Å². The molecular formula is C33H28IN3O3. The van der Waals surface area contributed by atoms with Gasteiger partial charge in [-0.2, -0.15) is 5.10 Å². The van der Waals surface area contributed by atoms with E-state index in [-0.39, 0.29) is 5.91 Å². The summed E-state index contributed by atoms with van der Waals surface area (Å²) in [4.78, 5) is 12.7. The Hall–Kier alpha value is -4.37. The average molecular weight is 642 g/mol. The molecule has 0 aliphatic heterocycles. The number of hydrogen-bond donors (Lipinski definition) is 1. The number of nitrogens with zero attached hydrogens (tertiary/aromatic N) is 2. The van der Waals surface area contributed by atoms with E-state index in [1.54, 1.807) is 25.5 Å². The van der Waals surface area contributed by atoms with Crippen LogP contribution in [0.4, 0.5) is 0 Å². The van der Waals surface area contributed by atoms with Crippen molar-refractivity contribution in [2.75, 3.05) is 7.11 Å². The number of ether oxygens (including phenoxy) is 2. The van der Waals surface area contributed by atoms with E-state index >= 15 is 0 Å². The van der Waals surface area contributed by atoms with Crippen LogP contribution in [0.25, 0.3) is 16.9 Å². The fourth-order valence-electron chi connectivity index (χ4n) is 4.33. The molecule has 200 valence electrons. The highest BCUT2D eigenvalue weighted by molar-refractivity contribution is 14.1. The second-order valence-corrected chi connectivity index (χ2v) is 10.4. The lowest BCUT2D eigenvalue weighted by Crippen LogP contribution is -2.17. The van der Waals surface area contributed by atoms with Gasteiger partial charge in [0.05, 0.1) is 19.0 Å². The number of halogens is 1. The Balaban J connectivity index is 1.22. The number of hydrogen-bond acceptors (Lipinski definition) is 4. The van der Waals surface area contributed by atoms with Crippen molar-refractivity contribution in [2.45, 2.75) is 13.5 Å². The van der Waals surface area contributed by atoms with E-state index in [0.29, 0.717) is 23.7 Å². The van der Waals surface area contributed by atoms with Crippen molar-refractivity contribution >= 4 is 34.7 Å². The van der Waals surface area contributed by atoms with Crippen molar-refractivity contribution in [3.63, 3.8) is 0 Å². The Labute approximate surface area is 247 Å². The number of nitrogens with one attached hydrogen (secondary N) is 1. The summed E-state index contributed by atoms with van der Waals surface area (Å²) in [6.45, 7) is 2.51. The maximum absolute atomic E-state index is 12.7. The predicted octanol–water partition coefficient (Wildman–Crippen LogP) is 7.41. The number of hydrazone groups is 1. The van der Waals surface area contributed by atoms with E-state index in [2.05, 4.69) is 68.9 Å². The van der Waals surface area contributed by atoms with Crippen LogP contribution in [0, 0.1) is 10.5 Å². The molecule has 0 saturated carbocycles. The van der Waals surface area contributed by atoms with Gasteiger partial charge in [-0.3, -0.25) is 4.79 Å². The molecule has 7 heteroatoms. The number of amides is 1. The van der Waals surface area contributed by atoms with Gasteiger partial charge in [0.2, 0.25) is 0 Å². The number of rotatable bonds is 9. The van der Waals surface area contributed by atoms with E-state index in [9.17, 15) is 4.79 Å². The van der Waals surface area contributed by atoms with Crippen molar-refractivity contribution < 1.29 is 14.3 Å². The normalized spacial score (nSPS) is 11.0. The molecule has 1 amide bonds. The number of methoxy groups -OCH3 is 1. The van der Waals surface area contributed by atoms with Gasteiger partial charge in [0, 0.05) is 20.5 Å². The Morgan fingerprint density at radius 1 is 0.900 bits per heavy atom. The molecule has 0 bridgehead atoms. The largest absolute Gasteiger partial charge is 0.493 e. The monoisotopic (exact) mass is 641 g/mol. The van der Waals surface area contributed by atoms with Crippen molar-refractivity contribution in [3.8, 4) is 28.4 Å². The van der Waals surface area contributed by atoms with E-state index in [1.165, 1.54) is 3.57 Å². The Morgan fingerprint density at radius 2 is 1.65 bits per heavy atom. The number of carbonyl (C=O) groups is 1. The topological polar surface area (TPSA) is 64.8 Å². The number of aromatic nitrogens is 1. The molecular weight excluding hydrogens is 613 g/mol. The summed E-state index contributed by atoms with van der Waals surface area (Å²) in [5.74, 6) is 0.932. The lowest BCUT2D eigenvalue weighted by Gasteiger charge is -2.13. The van der Waals surface area contributed by atoms with Crippen molar-refractivity contribution in [1.29, 1.82) is 0 Å². The average Bonchev–Trinajstić information content (AvgIpc) is 3.38. The lowest BCUT2D eigenvalue weighted by atomic mass is 10.1. The van der Waals surface area contributed by atoms with Gasteiger partial charge >= 0.3 is 0 Å². The van der Waals surface area contributed by atoms with Gasteiger partial charge < -0.3 is 14.0 Å². The fraction of sp³-hybridized carbons (Fsp3) is 0.0909. The summed E-state index contributed by atoms with van der Waals surface area (Å²) < 4.78 is 14.8. The molecule has 6 nitrogen and oxygen atoms in total. The Bertz CT molecular complexity index is 1630. The van der Waals surface area contributed by atoms with Crippen LogP contribution in [0.3, 0.4) is 0 Å². The molecule has 0 spiro atoms. The van der Waals surface area contributed by atoms with Gasteiger partial charge in [-0.25, -0.2) is 5.43 Å². The molecule has 0 aliphatic carbocycles. The Morgan fingerprint density at radius 3 is 2.38 bits per heavy atom. The zero-order valence-corrected chi connectivity index (χ0v) is 24.3. The molecule has 0 saturated heterocycles. The minimum Gasteiger partial charge on any atom is -0.493 e. The minimum atomic E-state index is -0.292. The van der Waals surface area contributed by atoms with Gasteiger partial charge in [0.15, 0.2) is 11.5 Å². The second kappa shape index (κ2) is 12.7. The highest BCUT2D eigenvalue weighted by Crippen LogP contribution is 2.29. The van der Waals surface area contributed by atoms with Crippen molar-refractivity contribution in [3.05, 3.63) is 135 Å². The van der Waals surface area contributed by atoms with Crippen molar-refractivity contribution in [1.82, 2.24) is 9.99 Å². The summed E-state index contributed by atoms with van der Waals surface area (Å²) in [5, 5.41) is 4.14. The third-order valence-corrected chi connectivity index (χ3v) is 7.13. The van der Waals surface area contributed by atoms with Gasteiger partial charge in [-0.05, 0) is 113 Å². The maximum atomic E-state index is 12.7. The van der Waals surface area contributed by atoms with Gasteiger partial charge in [0.25, 0.3) is 5.91 Å². The summed E-state index contributed by atoms with van der Waals surface area (Å²) in [6, 6.07) is 35.6. The molecule has 0 aliphatic rings. The number of aryl methyl sites for hydroxylation is 1. The molecule has 0 unspecified atom stereocenters. The first-order chi connectivity index (χ1) is 19.5. The summed E-state index contributed by atoms with van der Waals surface area (Å²) in [5.41, 5.74) is 9.29. The van der Waals surface area contributed by atoms with E-state index < -0.39 is 0 Å². The number of carbonyl (C=O) groups excluding carboxylic acids is 1. The van der Waals surface area contributed by atoms with Gasteiger partial charge in [-0.15, -0.1) is 0 Å². The zero-order valence-electron chi connectivity index (χ0n) is 22.2. The fourth-order valence-corrected chi connectivity index (χ4v) is 4.69. The molecule has 0 radical (unpaired) electrons. The molecule has 5 rings (SSSR count). The standard InChI is InChI=1S/C33H28IN3O3/c1-23-8-18-30(26-6-4-3-5-7-26)37(23)29-16-12-27(13-17-29)33(38)36-35-21-25-11-19-31(32(20-25)39-2)40-22-24-9-14-28(34)15-10-24/h3-21H,22H2,1-2H3,(H,36,38)/b35-21+. The summed E-state index contributed by atoms with van der Waals surface area (Å²) >= 11 is 2.28. The molecule has 1 aromatic heterocycles. The van der Waals surface area contributed by atoms with E-state index in [4.69, 9.17) is 9.47 Å². The van der Waals surface area contributed by atoms with Crippen LogP contribution in [0.5, 0.6) is 11.5 Å². The van der Waals surface area contributed by atoms with Crippen LogP contribution in [0.2, 0.25) is 0 Å². The summed E-state index contributed by atoms with van der Waals surface area (Å²) in [7, 11) is 1.59. The molecule has 1 heterocycles. The summed E-state index contributed by atoms with van der Waals surface area (Å²) in [6.07, 6.45) is 1.58. The molecule has 5 aromatic rings. The van der Waals surface area contributed by atoms with Crippen LogP contribution in [0.1, 0.15) is 27.2 Å². The minimum absolute atomic E-state index is 0.292. The smallest absolute Gasteiger partial charge is 0.271 e. The van der Waals surface area contributed by atoms with Gasteiger partial charge in [-0.1, -0.05) is 42.5 Å². The maximum Gasteiger partial charge on any atom is 0.271 e. The highest BCUT2D eigenvalue weighted by atomic mass is 127. The van der Waals surface area contributed by atoms with Gasteiger partial charge in [0.1, 0.15) is 6.61 Å². The van der Waals surface area contributed by atoms with E-state index in [1.807, 2.05) is 72.8 Å². The first-order valence-corrected chi connectivity index (χ1v) is 13.8. The molecule has 40 heavy (non-hydrogen) atoms. The van der Waals surface area contributed by atoms with Crippen LogP contribution in [-0.4, -0.2) is 23.8 Å². The molecule has 4 aromatic carbocycles. The first kappa shape index (κ1) is 27.2. The molecule has 1 N–H and O–H groups in total. The van der Waals surface area contributed by atoms with E-state index in [0.717, 1.165) is 33.8 Å². The third kappa shape index (κ3) is 6.43. The zero-order chi connectivity index (χ0) is 27.9. The second-order valence-electron chi connectivity index (χ2n) is 9.13. The highest BCUT2D eigenvalue weighted by Gasteiger charge is 2.11. The molecule has 0 fully saturated rings. The lowest BCUT2D eigenvalue weighted by molar-refractivity contribution is 0.0955. The van der Waals surface area contributed by atoms with Crippen molar-refractivity contribution in [2.24, 2.45) is 5.10 Å². The van der Waals surface area contributed by atoms with Crippen LogP contribution < -0.4 is 14.9 Å². The first-order valence-electron chi connectivity index (χ1n) is 12.7. The predicted molar refractivity (Wildman–Crippen MR) is 167 cm³/mol. The quantitative estimate of drug-likeness (QED) is 0.104. The molecule has 0 atom stereocenters. The van der Waals surface area contributed by atoms with Crippen LogP contribution in [-0.2, 0) is 6.61 Å². The Kier molecular flexibility index (Phi) is 8.61.